The highest BCUT2D eigenvalue weighted by Crippen LogP contribution is 2.24. The highest BCUT2D eigenvalue weighted by molar-refractivity contribution is 6.10. The Morgan fingerprint density at radius 1 is 1.15 bits per heavy atom. The van der Waals surface area contributed by atoms with E-state index in [4.69, 9.17) is 9.47 Å². The van der Waals surface area contributed by atoms with Crippen molar-refractivity contribution in [3.8, 4) is 0 Å². The molecule has 6 nitrogen and oxygen atoms in total. The molecule has 0 spiro atoms. The Morgan fingerprint density at radius 3 is 2.26 bits per heavy atom. The maximum Gasteiger partial charge on any atom is 0.420 e. The highest BCUT2D eigenvalue weighted by Gasteiger charge is 2.31. The Balaban J connectivity index is 2.50. The van der Waals surface area contributed by atoms with Crippen molar-refractivity contribution in [3.05, 3.63) is 46.2 Å². The Bertz CT molecular complexity index is 793. The minimum Gasteiger partial charge on any atom is -0.463 e. The topological polar surface area (TPSA) is 68.2 Å². The van der Waals surface area contributed by atoms with E-state index in [0.29, 0.717) is 11.4 Å². The molecule has 0 bridgehead atoms. The van der Waals surface area contributed by atoms with Crippen LogP contribution in [-0.2, 0) is 14.3 Å². The maximum absolute atomic E-state index is 12.8. The third-order valence-electron chi connectivity index (χ3n) is 3.94. The average molecular weight is 372 g/mol. The molecular weight excluding hydrogens is 344 g/mol. The molecule has 0 unspecified atom stereocenters. The van der Waals surface area contributed by atoms with E-state index in [9.17, 15) is 9.59 Å². The van der Waals surface area contributed by atoms with Crippen molar-refractivity contribution in [1.29, 1.82) is 0 Å². The van der Waals surface area contributed by atoms with Crippen molar-refractivity contribution >= 4 is 17.9 Å². The first-order valence-corrected chi connectivity index (χ1v) is 9.06. The van der Waals surface area contributed by atoms with Crippen LogP contribution < -0.4 is 0 Å². The number of amides is 1. The number of carbonyl (C=O) groups excluding carboxylic acids is 2. The lowest BCUT2D eigenvalue weighted by atomic mass is 9.98. The van der Waals surface area contributed by atoms with Crippen molar-refractivity contribution in [1.82, 2.24) is 4.90 Å². The number of nitrogens with zero attached hydrogens (tertiary/aromatic N) is 2. The molecule has 6 heteroatoms. The van der Waals surface area contributed by atoms with Crippen molar-refractivity contribution in [2.24, 2.45) is 4.99 Å². The van der Waals surface area contributed by atoms with Crippen LogP contribution in [0.15, 0.2) is 28.9 Å². The molecule has 1 aliphatic heterocycles. The van der Waals surface area contributed by atoms with Gasteiger partial charge < -0.3 is 9.47 Å². The van der Waals surface area contributed by atoms with Crippen molar-refractivity contribution in [3.63, 3.8) is 0 Å². The van der Waals surface area contributed by atoms with Gasteiger partial charge in [-0.25, -0.2) is 14.5 Å². The largest absolute Gasteiger partial charge is 0.463 e. The number of amidine groups is 1. The maximum atomic E-state index is 12.8. The molecule has 1 aliphatic rings. The summed E-state index contributed by atoms with van der Waals surface area (Å²) in [5.41, 5.74) is 3.66. The summed E-state index contributed by atoms with van der Waals surface area (Å²) >= 11 is 0. The van der Waals surface area contributed by atoms with Gasteiger partial charge in [0, 0.05) is 11.8 Å². The summed E-state index contributed by atoms with van der Waals surface area (Å²) < 4.78 is 10.6. The van der Waals surface area contributed by atoms with Gasteiger partial charge in [0.1, 0.15) is 11.4 Å². The third kappa shape index (κ3) is 4.96. The van der Waals surface area contributed by atoms with E-state index in [1.165, 1.54) is 11.1 Å². The number of ether oxygens (including phenoxy) is 2. The van der Waals surface area contributed by atoms with E-state index in [0.717, 1.165) is 22.3 Å². The second-order valence-electron chi connectivity index (χ2n) is 7.64. The van der Waals surface area contributed by atoms with Crippen LogP contribution in [0.1, 0.15) is 49.9 Å². The van der Waals surface area contributed by atoms with E-state index < -0.39 is 17.7 Å². The fourth-order valence-electron chi connectivity index (χ4n) is 3.02. The van der Waals surface area contributed by atoms with E-state index in [1.807, 2.05) is 32.9 Å². The van der Waals surface area contributed by atoms with Crippen LogP contribution in [0, 0.1) is 20.8 Å². The molecular formula is C21H28N2O4. The summed E-state index contributed by atoms with van der Waals surface area (Å²) in [7, 11) is 0. The molecule has 0 radical (unpaired) electrons. The minimum atomic E-state index is -0.672. The molecule has 0 saturated heterocycles. The van der Waals surface area contributed by atoms with Crippen LogP contribution in [0.2, 0.25) is 0 Å². The lowest BCUT2D eigenvalue weighted by Crippen LogP contribution is -2.41. The molecule has 2 rings (SSSR count). The number of aryl methyl sites for hydroxylation is 3. The number of carbonyl (C=O) groups is 2. The molecule has 0 aromatic heterocycles. The van der Waals surface area contributed by atoms with Gasteiger partial charge in [-0.05, 0) is 59.6 Å². The molecule has 1 heterocycles. The van der Waals surface area contributed by atoms with Crippen molar-refractivity contribution in [2.45, 2.75) is 54.1 Å². The summed E-state index contributed by atoms with van der Waals surface area (Å²) in [6.07, 6.45) is 0.898. The van der Waals surface area contributed by atoms with E-state index in [2.05, 4.69) is 4.99 Å². The SMILES string of the molecule is CCOC(=O)C1=CN(C(=O)OC(C)(C)C)C(c2c(C)cc(C)cc2C)=NC1. The first-order chi connectivity index (χ1) is 12.5. The Morgan fingerprint density at radius 2 is 1.74 bits per heavy atom. The second-order valence-corrected chi connectivity index (χ2v) is 7.64. The van der Waals surface area contributed by atoms with E-state index in [-0.39, 0.29) is 13.2 Å². The zero-order valence-corrected chi connectivity index (χ0v) is 17.2. The monoisotopic (exact) mass is 372 g/mol. The van der Waals surface area contributed by atoms with Crippen LogP contribution in [0.4, 0.5) is 4.79 Å². The number of hydrogen-bond donors (Lipinski definition) is 0. The van der Waals surface area contributed by atoms with Gasteiger partial charge in [-0.15, -0.1) is 0 Å². The van der Waals surface area contributed by atoms with Crippen molar-refractivity contribution in [2.75, 3.05) is 13.2 Å². The summed E-state index contributed by atoms with van der Waals surface area (Å²) in [4.78, 5) is 30.8. The minimum absolute atomic E-state index is 0.153. The standard InChI is InChI=1S/C21H28N2O4/c1-8-26-19(24)16-11-22-18(17-14(3)9-13(2)10-15(17)4)23(12-16)20(25)27-21(5,6)7/h9-10,12H,8,11H2,1-7H3. The molecule has 27 heavy (non-hydrogen) atoms. The van der Waals surface area contributed by atoms with Crippen LogP contribution in [0.5, 0.6) is 0 Å². The smallest absolute Gasteiger partial charge is 0.420 e. The molecule has 0 aliphatic carbocycles. The molecule has 0 saturated carbocycles. The average Bonchev–Trinajstić information content (AvgIpc) is 2.52. The van der Waals surface area contributed by atoms with Gasteiger partial charge in [-0.2, -0.15) is 0 Å². The molecule has 1 aromatic carbocycles. The summed E-state index contributed by atoms with van der Waals surface area (Å²) in [6.45, 7) is 13.5. The number of hydrogen-bond acceptors (Lipinski definition) is 5. The first-order valence-electron chi connectivity index (χ1n) is 9.06. The van der Waals surface area contributed by atoms with Gasteiger partial charge in [0.2, 0.25) is 0 Å². The van der Waals surface area contributed by atoms with Gasteiger partial charge >= 0.3 is 12.1 Å². The van der Waals surface area contributed by atoms with Crippen LogP contribution in [0.3, 0.4) is 0 Å². The quantitative estimate of drug-likeness (QED) is 0.751. The molecule has 0 N–H and O–H groups in total. The normalized spacial score (nSPS) is 14.4. The van der Waals surface area contributed by atoms with Gasteiger partial charge in [0.15, 0.2) is 0 Å². The molecule has 1 aromatic rings. The van der Waals surface area contributed by atoms with Gasteiger partial charge in [0.05, 0.1) is 18.7 Å². The van der Waals surface area contributed by atoms with Gasteiger partial charge in [-0.3, -0.25) is 4.99 Å². The molecule has 0 atom stereocenters. The lowest BCUT2D eigenvalue weighted by molar-refractivity contribution is -0.138. The fourth-order valence-corrected chi connectivity index (χ4v) is 3.02. The number of benzene rings is 1. The predicted molar refractivity (Wildman–Crippen MR) is 105 cm³/mol. The number of aliphatic imine (C=N–C) groups is 1. The Labute approximate surface area is 160 Å². The number of esters is 1. The number of rotatable bonds is 3. The first kappa shape index (κ1) is 20.7. The Hall–Kier alpha value is -2.63. The van der Waals surface area contributed by atoms with E-state index in [1.54, 1.807) is 27.7 Å². The van der Waals surface area contributed by atoms with Crippen LogP contribution >= 0.6 is 0 Å². The third-order valence-corrected chi connectivity index (χ3v) is 3.94. The highest BCUT2D eigenvalue weighted by atomic mass is 16.6. The predicted octanol–water partition coefficient (Wildman–Crippen LogP) is 4.06. The lowest BCUT2D eigenvalue weighted by Gasteiger charge is -2.29. The zero-order valence-electron chi connectivity index (χ0n) is 17.2. The summed E-state index contributed by atoms with van der Waals surface area (Å²) in [5.74, 6) is -0.00138. The van der Waals surface area contributed by atoms with E-state index >= 15 is 0 Å². The molecule has 146 valence electrons. The summed E-state index contributed by atoms with van der Waals surface area (Å²) in [6, 6.07) is 4.09. The second kappa shape index (κ2) is 7.94. The van der Waals surface area contributed by atoms with Gasteiger partial charge in [0.25, 0.3) is 0 Å². The van der Waals surface area contributed by atoms with Crippen LogP contribution in [-0.4, -0.2) is 41.6 Å². The molecule has 0 fully saturated rings. The fraction of sp³-hybridized carbons (Fsp3) is 0.476. The summed E-state index contributed by atoms with van der Waals surface area (Å²) in [5, 5.41) is 0. The molecule has 1 amide bonds. The Kier molecular flexibility index (Phi) is 6.08. The van der Waals surface area contributed by atoms with Crippen LogP contribution in [0.25, 0.3) is 0 Å². The van der Waals surface area contributed by atoms with Crippen molar-refractivity contribution < 1.29 is 19.1 Å². The zero-order chi connectivity index (χ0) is 20.4. The van der Waals surface area contributed by atoms with Gasteiger partial charge in [-0.1, -0.05) is 17.7 Å².